The lowest BCUT2D eigenvalue weighted by atomic mass is 9.79. The molecule has 0 aromatic heterocycles. The Morgan fingerprint density at radius 1 is 1.07 bits per heavy atom. The maximum Gasteiger partial charge on any atom is 0.240 e. The average molecular weight is 441 g/mol. The first-order chi connectivity index (χ1) is 13.3. The molecular weight excluding hydrogens is 412 g/mol. The standard InChI is InChI=1S/C20H28N2O3S3/c1-13(2)22-28(24,25)18-7-5-17(6-8-18)21-19(23)14-11-15-3-4-16(12-14)20(15)26-9-10-27-20/h5-8,13-16,22H,3-4,9-12H2,1-2H3,(H,21,23)/t14?,15-,16+. The number of sulfonamides is 1. The molecule has 5 nitrogen and oxygen atoms in total. The van der Waals surface area contributed by atoms with E-state index < -0.39 is 10.0 Å². The molecule has 1 aromatic carbocycles. The van der Waals surface area contributed by atoms with Gasteiger partial charge < -0.3 is 5.32 Å². The number of nitrogens with one attached hydrogen (secondary N) is 2. The molecule has 1 unspecified atom stereocenters. The van der Waals surface area contributed by atoms with Crippen LogP contribution in [0.5, 0.6) is 0 Å². The maximum atomic E-state index is 12.9. The van der Waals surface area contributed by atoms with Gasteiger partial charge in [-0.3, -0.25) is 4.79 Å². The van der Waals surface area contributed by atoms with Gasteiger partial charge in [-0.2, -0.15) is 0 Å². The van der Waals surface area contributed by atoms with Gasteiger partial charge in [-0.25, -0.2) is 13.1 Å². The van der Waals surface area contributed by atoms with E-state index in [0.717, 1.165) is 12.8 Å². The van der Waals surface area contributed by atoms with Crippen LogP contribution in [0.25, 0.3) is 0 Å². The highest BCUT2D eigenvalue weighted by molar-refractivity contribution is 8.21. The van der Waals surface area contributed by atoms with Gasteiger partial charge >= 0.3 is 0 Å². The highest BCUT2D eigenvalue weighted by atomic mass is 32.2. The summed E-state index contributed by atoms with van der Waals surface area (Å²) in [5.74, 6) is 3.93. The van der Waals surface area contributed by atoms with E-state index in [-0.39, 0.29) is 22.8 Å². The summed E-state index contributed by atoms with van der Waals surface area (Å²) in [7, 11) is -3.51. The van der Waals surface area contributed by atoms with Crippen molar-refractivity contribution >= 4 is 45.1 Å². The summed E-state index contributed by atoms with van der Waals surface area (Å²) in [4.78, 5) is 13.1. The Morgan fingerprint density at radius 2 is 1.64 bits per heavy atom. The molecule has 2 aliphatic carbocycles. The van der Waals surface area contributed by atoms with E-state index in [4.69, 9.17) is 0 Å². The second kappa shape index (κ2) is 7.85. The Balaban J connectivity index is 1.40. The van der Waals surface area contributed by atoms with Crippen molar-refractivity contribution in [1.82, 2.24) is 4.72 Å². The first-order valence-electron chi connectivity index (χ1n) is 10.0. The first kappa shape index (κ1) is 20.6. The normalized spacial score (nSPS) is 28.8. The summed E-state index contributed by atoms with van der Waals surface area (Å²) >= 11 is 4.28. The van der Waals surface area contributed by atoms with Crippen LogP contribution in [0, 0.1) is 17.8 Å². The zero-order chi connectivity index (χ0) is 19.9. The summed E-state index contributed by atoms with van der Waals surface area (Å²) in [6, 6.07) is 6.28. The fourth-order valence-corrected chi connectivity index (χ4v) is 10.1. The topological polar surface area (TPSA) is 75.3 Å². The van der Waals surface area contributed by atoms with E-state index in [1.54, 1.807) is 38.1 Å². The number of carbonyl (C=O) groups excluding carboxylic acids is 1. The molecule has 1 spiro atoms. The highest BCUT2D eigenvalue weighted by Gasteiger charge is 2.57. The Morgan fingerprint density at radius 3 is 2.18 bits per heavy atom. The fourth-order valence-electron chi connectivity index (χ4n) is 4.96. The van der Waals surface area contributed by atoms with Crippen LogP contribution in [0.1, 0.15) is 39.5 Å². The highest BCUT2D eigenvalue weighted by Crippen LogP contribution is 2.65. The Hall–Kier alpha value is -0.700. The van der Waals surface area contributed by atoms with Gasteiger partial charge in [0.05, 0.1) is 8.97 Å². The molecule has 1 heterocycles. The summed E-state index contributed by atoms with van der Waals surface area (Å²) in [5, 5.41) is 3.01. The number of carbonyl (C=O) groups is 1. The molecule has 3 aliphatic rings. The monoisotopic (exact) mass is 440 g/mol. The SMILES string of the molecule is CC(C)NS(=O)(=O)c1ccc(NC(=O)C2C[C@H]3CC[C@@H](C2)C32SCCS2)cc1. The van der Waals surface area contributed by atoms with E-state index in [1.165, 1.54) is 24.3 Å². The van der Waals surface area contributed by atoms with Gasteiger partial charge in [0.1, 0.15) is 0 Å². The second-order valence-electron chi connectivity index (χ2n) is 8.35. The van der Waals surface area contributed by atoms with Crippen LogP contribution in [0.3, 0.4) is 0 Å². The molecule has 1 amide bonds. The van der Waals surface area contributed by atoms with Crippen LogP contribution in [0.15, 0.2) is 29.2 Å². The lowest BCUT2D eigenvalue weighted by molar-refractivity contribution is -0.121. The molecule has 1 aliphatic heterocycles. The number of anilines is 1. The zero-order valence-corrected chi connectivity index (χ0v) is 18.8. The molecule has 2 bridgehead atoms. The lowest BCUT2D eigenvalue weighted by Gasteiger charge is -2.42. The minimum atomic E-state index is -3.51. The van der Waals surface area contributed by atoms with Gasteiger partial charge in [0.25, 0.3) is 0 Å². The van der Waals surface area contributed by atoms with Gasteiger partial charge in [-0.05, 0) is 75.6 Å². The van der Waals surface area contributed by atoms with E-state index >= 15 is 0 Å². The van der Waals surface area contributed by atoms with Crippen molar-refractivity contribution in [3.8, 4) is 0 Å². The fraction of sp³-hybridized carbons (Fsp3) is 0.650. The molecule has 2 saturated carbocycles. The van der Waals surface area contributed by atoms with Crippen molar-refractivity contribution in [2.45, 2.75) is 54.5 Å². The third kappa shape index (κ3) is 3.85. The van der Waals surface area contributed by atoms with Gasteiger partial charge in [0, 0.05) is 29.2 Å². The number of thioether (sulfide) groups is 2. The Bertz CT molecular complexity index is 817. The van der Waals surface area contributed by atoms with Crippen LogP contribution in [-0.2, 0) is 14.8 Å². The number of hydrogen-bond acceptors (Lipinski definition) is 5. The molecule has 1 aromatic rings. The second-order valence-corrected chi connectivity index (χ2v) is 13.1. The van der Waals surface area contributed by atoms with Crippen molar-refractivity contribution in [2.24, 2.45) is 17.8 Å². The van der Waals surface area contributed by atoms with Gasteiger partial charge in [-0.15, -0.1) is 23.5 Å². The van der Waals surface area contributed by atoms with Crippen molar-refractivity contribution < 1.29 is 13.2 Å². The molecule has 28 heavy (non-hydrogen) atoms. The minimum Gasteiger partial charge on any atom is -0.326 e. The molecular formula is C20H28N2O3S3. The van der Waals surface area contributed by atoms with Gasteiger partial charge in [-0.1, -0.05) is 0 Å². The quantitative estimate of drug-likeness (QED) is 0.726. The maximum absolute atomic E-state index is 12.9. The third-order valence-electron chi connectivity index (χ3n) is 6.07. The van der Waals surface area contributed by atoms with Crippen molar-refractivity contribution in [3.63, 3.8) is 0 Å². The van der Waals surface area contributed by atoms with Gasteiger partial charge in [0.2, 0.25) is 15.9 Å². The van der Waals surface area contributed by atoms with Gasteiger partial charge in [0.15, 0.2) is 0 Å². The molecule has 0 radical (unpaired) electrons. The average Bonchev–Trinajstić information content (AvgIpc) is 3.16. The van der Waals surface area contributed by atoms with Crippen LogP contribution in [0.2, 0.25) is 0 Å². The molecule has 4 rings (SSSR count). The predicted octanol–water partition coefficient (Wildman–Crippen LogP) is 3.92. The molecule has 2 N–H and O–H groups in total. The van der Waals surface area contributed by atoms with E-state index in [9.17, 15) is 13.2 Å². The molecule has 8 heteroatoms. The van der Waals surface area contributed by atoms with E-state index in [0.29, 0.717) is 21.6 Å². The first-order valence-corrected chi connectivity index (χ1v) is 13.5. The van der Waals surface area contributed by atoms with Crippen LogP contribution in [-0.4, -0.2) is 36.0 Å². The number of hydrogen-bond donors (Lipinski definition) is 2. The predicted molar refractivity (Wildman–Crippen MR) is 117 cm³/mol. The lowest BCUT2D eigenvalue weighted by Crippen LogP contribution is -2.41. The smallest absolute Gasteiger partial charge is 0.240 e. The summed E-state index contributed by atoms with van der Waals surface area (Å²) in [5.41, 5.74) is 0.658. The van der Waals surface area contributed by atoms with E-state index in [1.807, 2.05) is 0 Å². The van der Waals surface area contributed by atoms with Crippen molar-refractivity contribution in [1.29, 1.82) is 0 Å². The number of amides is 1. The van der Waals surface area contributed by atoms with Crippen molar-refractivity contribution in [2.75, 3.05) is 16.8 Å². The minimum absolute atomic E-state index is 0.0657. The zero-order valence-electron chi connectivity index (χ0n) is 16.3. The van der Waals surface area contributed by atoms with Crippen molar-refractivity contribution in [3.05, 3.63) is 24.3 Å². The van der Waals surface area contributed by atoms with Crippen LogP contribution < -0.4 is 10.0 Å². The summed E-state index contributed by atoms with van der Waals surface area (Å²) < 4.78 is 27.4. The largest absolute Gasteiger partial charge is 0.326 e. The summed E-state index contributed by atoms with van der Waals surface area (Å²) in [6.07, 6.45) is 4.47. The van der Waals surface area contributed by atoms with Crippen LogP contribution >= 0.6 is 23.5 Å². The molecule has 3 fully saturated rings. The molecule has 3 atom stereocenters. The molecule has 154 valence electrons. The Labute approximate surface area is 176 Å². The van der Waals surface area contributed by atoms with Crippen LogP contribution in [0.4, 0.5) is 5.69 Å². The number of rotatable bonds is 5. The summed E-state index contributed by atoms with van der Waals surface area (Å²) in [6.45, 7) is 3.58. The third-order valence-corrected chi connectivity index (χ3v) is 11.8. The number of benzene rings is 1. The molecule has 1 saturated heterocycles. The van der Waals surface area contributed by atoms with E-state index in [2.05, 4.69) is 33.6 Å². The Kier molecular flexibility index (Phi) is 5.77.